The summed E-state index contributed by atoms with van der Waals surface area (Å²) >= 11 is 6.42. The fourth-order valence-corrected chi connectivity index (χ4v) is 12.7. The van der Waals surface area contributed by atoms with Crippen molar-refractivity contribution in [3.05, 3.63) is 101 Å². The van der Waals surface area contributed by atoms with Crippen LogP contribution in [0.3, 0.4) is 0 Å². The number of unbranched alkanes of at least 4 members (excludes halogenated alkanes) is 5. The summed E-state index contributed by atoms with van der Waals surface area (Å²) in [6, 6.07) is 17.2. The lowest BCUT2D eigenvalue weighted by Crippen LogP contribution is -2.58. The standard InChI is InChI=1S/C62H73ClN7O15P/c1-82-51-33-44-47(34-52(51)83-31-11-2-4-18-53(72)69-37-41(36-63)56-43-15-6-5-14-42(43)50(35-48(56)69)85-86(80)81)70(58(76)46-17-12-30-67(46)57(44)75)61(79)84-38-40-21-19-39(20-22-40)32-49(71)45(16-7-8-27-64)66-60(78)62(25-13-26-62)59(77)65-28-9-3-10-29-68-54(73)23-24-55(68)74/h5-6,14-15,19-24,33-35,41,45-46,58,76H,2-4,7-13,16-18,25-32,36-38,64H2,1H3,(H2-,65,66,77,78,80,81)/p+1/t41-,45+,46+,58?/m1/s1. The number of nitrogens with one attached hydrogen (secondary N) is 2. The number of ketones is 1. The maximum atomic E-state index is 14.3. The SMILES string of the molecule is COc1cc2c(cc1OCCCCCC(=O)N1C[C@@H](CCl)c3c1cc(O[P+](=O)O)c1ccccc31)N(C(=O)OCc1ccc(CC(=O)[C@H](CCCCN)NC(=O)C3(C(=O)NCCCCCN4C(=O)C=CC4=O)CCC3)cc1)C(O)[C@@H]1CCCN1C2=O. The van der Waals surface area contributed by atoms with Crippen molar-refractivity contribution in [2.24, 2.45) is 11.1 Å². The smallest absolute Gasteiger partial charge is 0.493 e. The zero-order valence-corrected chi connectivity index (χ0v) is 49.8. The Hall–Kier alpha value is -7.49. The average Bonchev–Trinajstić information content (AvgIpc) is 1.62. The summed E-state index contributed by atoms with van der Waals surface area (Å²) in [5, 5.41) is 19.2. The first-order chi connectivity index (χ1) is 41.6. The van der Waals surface area contributed by atoms with E-state index in [9.17, 15) is 52.9 Å². The van der Waals surface area contributed by atoms with Crippen molar-refractivity contribution in [1.82, 2.24) is 20.4 Å². The van der Waals surface area contributed by atoms with Crippen molar-refractivity contribution in [2.45, 2.75) is 134 Å². The highest BCUT2D eigenvalue weighted by Gasteiger charge is 2.51. The number of Topliss-reactive ketones (excluding diaryl/α,β-unsaturated/α-hetero) is 1. The monoisotopic (exact) mass is 1220 g/mol. The highest BCUT2D eigenvalue weighted by molar-refractivity contribution is 7.32. The number of aliphatic hydroxyl groups excluding tert-OH is 1. The van der Waals surface area contributed by atoms with Gasteiger partial charge in [0, 0.05) is 85.1 Å². The molecule has 0 aromatic heterocycles. The van der Waals surface area contributed by atoms with E-state index in [-0.39, 0.29) is 96.4 Å². The molecule has 5 aliphatic rings. The first-order valence-corrected chi connectivity index (χ1v) is 31.2. The molecule has 86 heavy (non-hydrogen) atoms. The van der Waals surface area contributed by atoms with Gasteiger partial charge in [-0.25, -0.2) is 14.2 Å². The van der Waals surface area contributed by atoms with Gasteiger partial charge in [0.15, 0.2) is 29.3 Å². The summed E-state index contributed by atoms with van der Waals surface area (Å²) < 4.78 is 34.8. The zero-order chi connectivity index (χ0) is 61.1. The maximum absolute atomic E-state index is 14.3. The quantitative estimate of drug-likeness (QED) is 0.0117. The van der Waals surface area contributed by atoms with Crippen molar-refractivity contribution in [3.63, 3.8) is 0 Å². The van der Waals surface area contributed by atoms with Crippen molar-refractivity contribution in [1.29, 1.82) is 0 Å². The van der Waals surface area contributed by atoms with Crippen LogP contribution in [0.5, 0.6) is 17.2 Å². The minimum Gasteiger partial charge on any atom is -0.493 e. The molecule has 4 aliphatic heterocycles. The van der Waals surface area contributed by atoms with E-state index in [0.717, 1.165) is 15.8 Å². The van der Waals surface area contributed by atoms with Gasteiger partial charge in [-0.05, 0) is 118 Å². The fraction of sp³-hybridized carbons (Fsp3) is 0.484. The van der Waals surface area contributed by atoms with Crippen LogP contribution in [-0.2, 0) is 51.1 Å². The molecule has 0 radical (unpaired) electrons. The van der Waals surface area contributed by atoms with Crippen LogP contribution in [0.15, 0.2) is 78.9 Å². The van der Waals surface area contributed by atoms with Crippen LogP contribution in [0.4, 0.5) is 16.2 Å². The molecule has 22 nitrogen and oxygen atoms in total. The number of benzene rings is 4. The molecule has 4 aromatic carbocycles. The van der Waals surface area contributed by atoms with Gasteiger partial charge in [-0.15, -0.1) is 16.5 Å². The van der Waals surface area contributed by atoms with Crippen LogP contribution in [0, 0.1) is 5.41 Å². The average molecular weight is 1220 g/mol. The fourth-order valence-electron chi connectivity index (χ4n) is 12.1. The van der Waals surface area contributed by atoms with E-state index < -0.39 is 55.8 Å². The number of nitrogens with zero attached hydrogens (tertiary/aromatic N) is 4. The number of carbonyl (C=O) groups is 8. The van der Waals surface area contributed by atoms with Gasteiger partial charge in [0.2, 0.25) is 17.7 Å². The van der Waals surface area contributed by atoms with Crippen LogP contribution in [0.25, 0.3) is 10.8 Å². The highest BCUT2D eigenvalue weighted by Crippen LogP contribution is 2.48. The van der Waals surface area contributed by atoms with Gasteiger partial charge in [0.25, 0.3) is 17.7 Å². The normalized spacial score (nSPS) is 18.9. The molecule has 4 heterocycles. The van der Waals surface area contributed by atoms with Crippen LogP contribution in [-0.4, -0.2) is 138 Å². The second kappa shape index (κ2) is 28.8. The van der Waals surface area contributed by atoms with E-state index in [4.69, 9.17) is 36.1 Å². The molecule has 9 rings (SSSR count). The molecule has 458 valence electrons. The first kappa shape index (κ1) is 63.0. The number of fused-ring (bicyclic) bond motifs is 5. The summed E-state index contributed by atoms with van der Waals surface area (Å²) in [6.07, 6.45) is 7.65. The Bertz CT molecular complexity index is 3250. The van der Waals surface area contributed by atoms with Gasteiger partial charge in [-0.2, -0.15) is 0 Å². The van der Waals surface area contributed by atoms with E-state index in [0.29, 0.717) is 138 Å². The molecule has 4 aromatic rings. The Morgan fingerprint density at radius 2 is 1.56 bits per heavy atom. The number of alkyl halides is 1. The lowest BCUT2D eigenvalue weighted by atomic mass is 9.67. The predicted octanol–water partition coefficient (Wildman–Crippen LogP) is 7.37. The van der Waals surface area contributed by atoms with Gasteiger partial charge < -0.3 is 45.5 Å². The first-order valence-electron chi connectivity index (χ1n) is 29.6. The van der Waals surface area contributed by atoms with Crippen LogP contribution in [0.1, 0.15) is 129 Å². The number of methoxy groups -OCH3 is 1. The van der Waals surface area contributed by atoms with Gasteiger partial charge in [-0.1, -0.05) is 55.0 Å². The summed E-state index contributed by atoms with van der Waals surface area (Å²) in [6.45, 7) is 1.67. The number of anilines is 2. The molecular formula is C62H74ClN7O15P+. The maximum Gasteiger partial charge on any atom is 0.747 e. The number of hydrogen-bond acceptors (Lipinski definition) is 15. The van der Waals surface area contributed by atoms with Crippen molar-refractivity contribution in [2.75, 3.05) is 62.1 Å². The minimum absolute atomic E-state index is 0.0351. The van der Waals surface area contributed by atoms with Crippen LogP contribution >= 0.6 is 19.9 Å². The third-order valence-corrected chi connectivity index (χ3v) is 17.7. The molecule has 2 unspecified atom stereocenters. The Labute approximate surface area is 504 Å². The lowest BCUT2D eigenvalue weighted by Gasteiger charge is -2.39. The molecule has 7 amide bonds. The second-order valence-electron chi connectivity index (χ2n) is 22.4. The molecule has 1 saturated carbocycles. The molecule has 5 atom stereocenters. The van der Waals surface area contributed by atoms with Crippen LogP contribution in [0.2, 0.25) is 0 Å². The van der Waals surface area contributed by atoms with Gasteiger partial charge >= 0.3 is 14.3 Å². The number of aliphatic hydroxyl groups is 1. The molecule has 2 fully saturated rings. The second-order valence-corrected chi connectivity index (χ2v) is 23.4. The van der Waals surface area contributed by atoms with Gasteiger partial charge in [0.05, 0.1) is 42.7 Å². The van der Waals surface area contributed by atoms with Crippen LogP contribution < -0.4 is 40.2 Å². The highest BCUT2D eigenvalue weighted by atomic mass is 35.5. The topological polar surface area (TPSA) is 294 Å². The Kier molecular flexibility index (Phi) is 21.1. The molecule has 1 aliphatic carbocycles. The lowest BCUT2D eigenvalue weighted by molar-refractivity contribution is -0.151. The summed E-state index contributed by atoms with van der Waals surface area (Å²) in [5.41, 5.74) is 7.34. The van der Waals surface area contributed by atoms with Gasteiger partial charge in [-0.3, -0.25) is 38.5 Å². The predicted molar refractivity (Wildman–Crippen MR) is 319 cm³/mol. The molecule has 6 N–H and O–H groups in total. The van der Waals surface area contributed by atoms with E-state index in [2.05, 4.69) is 10.6 Å². The Balaban J connectivity index is 0.791. The number of hydrogen-bond donors (Lipinski definition) is 5. The molecular weight excluding hydrogens is 1150 g/mol. The molecule has 0 spiro atoms. The number of amides is 7. The number of halogens is 1. The van der Waals surface area contributed by atoms with E-state index in [1.165, 1.54) is 36.3 Å². The van der Waals surface area contributed by atoms with Crippen molar-refractivity contribution < 1.29 is 71.7 Å². The number of carbonyl (C=O) groups excluding carboxylic acids is 8. The van der Waals surface area contributed by atoms with E-state index in [1.807, 2.05) is 12.1 Å². The van der Waals surface area contributed by atoms with Gasteiger partial charge in [0.1, 0.15) is 12.0 Å². The number of ether oxygens (including phenoxy) is 3. The largest absolute Gasteiger partial charge is 0.747 e. The molecule has 0 bridgehead atoms. The van der Waals surface area contributed by atoms with E-state index in [1.54, 1.807) is 52.3 Å². The third kappa shape index (κ3) is 14.0. The summed E-state index contributed by atoms with van der Waals surface area (Å²) in [5.74, 6) is -1.60. The Morgan fingerprint density at radius 3 is 2.26 bits per heavy atom. The molecule has 24 heteroatoms. The Morgan fingerprint density at radius 1 is 0.837 bits per heavy atom. The van der Waals surface area contributed by atoms with Crippen molar-refractivity contribution in [3.8, 4) is 17.2 Å². The number of imide groups is 1. The zero-order valence-electron chi connectivity index (χ0n) is 48.2. The van der Waals surface area contributed by atoms with E-state index >= 15 is 0 Å². The summed E-state index contributed by atoms with van der Waals surface area (Å²) in [4.78, 5) is 122. The minimum atomic E-state index is -2.96. The number of nitrogens with two attached hydrogens (primary N) is 1. The third-order valence-electron chi connectivity index (χ3n) is 16.9. The summed E-state index contributed by atoms with van der Waals surface area (Å²) in [7, 11) is -1.52. The van der Waals surface area contributed by atoms with Crippen molar-refractivity contribution >= 4 is 89.3 Å². The molecule has 1 saturated heterocycles. The number of rotatable bonds is 29.